The van der Waals surface area contributed by atoms with Crippen molar-refractivity contribution in [3.8, 4) is 0 Å². The lowest BCUT2D eigenvalue weighted by Gasteiger charge is -2.26. The molecule has 3 N–H and O–H groups in total. The van der Waals surface area contributed by atoms with Gasteiger partial charge in [-0.3, -0.25) is 4.79 Å². The summed E-state index contributed by atoms with van der Waals surface area (Å²) in [6.07, 6.45) is 3.32. The molecule has 0 fully saturated rings. The number of aryl methyl sites for hydroxylation is 1. The third kappa shape index (κ3) is 2.69. The maximum absolute atomic E-state index is 12.0. The van der Waals surface area contributed by atoms with E-state index in [1.165, 1.54) is 10.4 Å². The van der Waals surface area contributed by atoms with Crippen molar-refractivity contribution in [2.45, 2.75) is 45.2 Å². The number of nitrogens with one attached hydrogen (secondary N) is 1. The third-order valence-electron chi connectivity index (χ3n) is 3.39. The summed E-state index contributed by atoms with van der Waals surface area (Å²) < 4.78 is 0. The fourth-order valence-electron chi connectivity index (χ4n) is 2.21. The van der Waals surface area contributed by atoms with Gasteiger partial charge in [-0.15, -0.1) is 11.3 Å². The van der Waals surface area contributed by atoms with Gasteiger partial charge in [0.2, 0.25) is 5.91 Å². The van der Waals surface area contributed by atoms with E-state index in [0.29, 0.717) is 0 Å². The molecule has 17 heavy (non-hydrogen) atoms. The van der Waals surface area contributed by atoms with Crippen molar-refractivity contribution >= 4 is 17.2 Å². The average molecular weight is 252 g/mol. The van der Waals surface area contributed by atoms with Gasteiger partial charge in [0.1, 0.15) is 0 Å². The lowest BCUT2D eigenvalue weighted by molar-refractivity contribution is -0.124. The zero-order valence-corrected chi connectivity index (χ0v) is 11.2. The standard InChI is InChI=1S/C13H20N2OS/c1-8(2)12(14)13(16)15-10-4-3-5-11-9(10)6-7-17-11/h6-8,10,12H,3-5,14H2,1-2H3,(H,15,16)/t10?,12-/m0/s1. The molecule has 1 aliphatic carbocycles. The number of fused-ring (bicyclic) bond motifs is 1. The monoisotopic (exact) mass is 252 g/mol. The SMILES string of the molecule is CC(C)[C@H](N)C(=O)NC1CCCc2sccc21. The fourth-order valence-corrected chi connectivity index (χ4v) is 3.19. The maximum Gasteiger partial charge on any atom is 0.237 e. The van der Waals surface area contributed by atoms with Crippen LogP contribution in [0.4, 0.5) is 0 Å². The van der Waals surface area contributed by atoms with Gasteiger partial charge >= 0.3 is 0 Å². The van der Waals surface area contributed by atoms with Gasteiger partial charge in [-0.05, 0) is 42.2 Å². The molecule has 1 heterocycles. The molecule has 0 saturated carbocycles. The zero-order chi connectivity index (χ0) is 12.4. The van der Waals surface area contributed by atoms with Crippen LogP contribution in [0, 0.1) is 5.92 Å². The molecule has 2 atom stereocenters. The lowest BCUT2D eigenvalue weighted by atomic mass is 9.93. The van der Waals surface area contributed by atoms with Crippen LogP contribution in [-0.2, 0) is 11.2 Å². The molecular weight excluding hydrogens is 232 g/mol. The summed E-state index contributed by atoms with van der Waals surface area (Å²) in [6, 6.07) is 1.90. The Hall–Kier alpha value is -0.870. The molecule has 94 valence electrons. The van der Waals surface area contributed by atoms with Crippen molar-refractivity contribution in [1.29, 1.82) is 0 Å². The van der Waals surface area contributed by atoms with Crippen LogP contribution in [0.25, 0.3) is 0 Å². The van der Waals surface area contributed by atoms with E-state index in [0.717, 1.165) is 19.3 Å². The van der Waals surface area contributed by atoms with E-state index in [9.17, 15) is 4.79 Å². The van der Waals surface area contributed by atoms with Gasteiger partial charge in [0, 0.05) is 4.88 Å². The minimum Gasteiger partial charge on any atom is -0.348 e. The van der Waals surface area contributed by atoms with E-state index in [1.54, 1.807) is 11.3 Å². The Kier molecular flexibility index (Phi) is 3.84. The largest absolute Gasteiger partial charge is 0.348 e. The Balaban J connectivity index is 2.04. The van der Waals surface area contributed by atoms with Gasteiger partial charge in [0.15, 0.2) is 0 Å². The molecular formula is C13H20N2OS. The highest BCUT2D eigenvalue weighted by Crippen LogP contribution is 2.33. The van der Waals surface area contributed by atoms with Crippen molar-refractivity contribution in [3.63, 3.8) is 0 Å². The molecule has 2 rings (SSSR count). The molecule has 1 unspecified atom stereocenters. The lowest BCUT2D eigenvalue weighted by Crippen LogP contribution is -2.45. The first-order valence-corrected chi connectivity index (χ1v) is 7.09. The van der Waals surface area contributed by atoms with Crippen LogP contribution in [0.2, 0.25) is 0 Å². The maximum atomic E-state index is 12.0. The van der Waals surface area contributed by atoms with E-state index in [2.05, 4.69) is 16.8 Å². The summed E-state index contributed by atoms with van der Waals surface area (Å²) in [4.78, 5) is 13.4. The quantitative estimate of drug-likeness (QED) is 0.866. The van der Waals surface area contributed by atoms with Crippen molar-refractivity contribution in [1.82, 2.24) is 5.32 Å². The number of hydrogen-bond acceptors (Lipinski definition) is 3. The highest BCUT2D eigenvalue weighted by atomic mass is 32.1. The molecule has 0 saturated heterocycles. The summed E-state index contributed by atoms with van der Waals surface area (Å²) in [5.74, 6) is 0.157. The van der Waals surface area contributed by atoms with Gasteiger partial charge in [0.25, 0.3) is 0 Å². The van der Waals surface area contributed by atoms with Crippen LogP contribution >= 0.6 is 11.3 Å². The van der Waals surface area contributed by atoms with Crippen molar-refractivity contribution in [2.75, 3.05) is 0 Å². The predicted octanol–water partition coefficient (Wildman–Crippen LogP) is 2.22. The summed E-state index contributed by atoms with van der Waals surface area (Å²) in [6.45, 7) is 3.95. The van der Waals surface area contributed by atoms with Crippen LogP contribution in [0.1, 0.15) is 43.2 Å². The van der Waals surface area contributed by atoms with Crippen LogP contribution in [-0.4, -0.2) is 11.9 Å². The molecule has 0 aliphatic heterocycles. The number of thiophene rings is 1. The van der Waals surface area contributed by atoms with E-state index >= 15 is 0 Å². The van der Waals surface area contributed by atoms with E-state index in [4.69, 9.17) is 5.73 Å². The molecule has 0 spiro atoms. The first-order chi connectivity index (χ1) is 8.09. The smallest absolute Gasteiger partial charge is 0.237 e. The number of carbonyl (C=O) groups is 1. The average Bonchev–Trinajstić information content (AvgIpc) is 2.76. The summed E-state index contributed by atoms with van der Waals surface area (Å²) in [7, 11) is 0. The molecule has 1 amide bonds. The fraction of sp³-hybridized carbons (Fsp3) is 0.615. The van der Waals surface area contributed by atoms with Gasteiger partial charge in [-0.2, -0.15) is 0 Å². The second-order valence-corrected chi connectivity index (χ2v) is 6.02. The highest BCUT2D eigenvalue weighted by molar-refractivity contribution is 7.10. The van der Waals surface area contributed by atoms with Gasteiger partial charge in [0.05, 0.1) is 12.1 Å². The Labute approximate surface area is 106 Å². The summed E-state index contributed by atoms with van der Waals surface area (Å²) in [5, 5.41) is 5.19. The Morgan fingerprint density at radius 2 is 2.35 bits per heavy atom. The molecule has 3 nitrogen and oxygen atoms in total. The normalized spacial score (nSPS) is 21.1. The van der Waals surface area contributed by atoms with Crippen LogP contribution in [0.5, 0.6) is 0 Å². The van der Waals surface area contributed by atoms with Gasteiger partial charge in [-0.1, -0.05) is 13.8 Å². The molecule has 0 bridgehead atoms. The Bertz CT molecular complexity index is 400. The third-order valence-corrected chi connectivity index (χ3v) is 4.39. The van der Waals surface area contributed by atoms with E-state index in [1.807, 2.05) is 13.8 Å². The van der Waals surface area contributed by atoms with E-state index in [-0.39, 0.29) is 17.9 Å². The topological polar surface area (TPSA) is 55.1 Å². The van der Waals surface area contributed by atoms with Crippen molar-refractivity contribution < 1.29 is 4.79 Å². The predicted molar refractivity (Wildman–Crippen MR) is 71.0 cm³/mol. The molecule has 0 aromatic carbocycles. The molecule has 1 aliphatic rings. The second-order valence-electron chi connectivity index (χ2n) is 5.02. The van der Waals surface area contributed by atoms with Gasteiger partial charge in [-0.25, -0.2) is 0 Å². The molecule has 1 aromatic rings. The first kappa shape index (κ1) is 12.6. The minimum absolute atomic E-state index is 0.0240. The van der Waals surface area contributed by atoms with Gasteiger partial charge < -0.3 is 11.1 Å². The molecule has 1 aromatic heterocycles. The second kappa shape index (κ2) is 5.19. The van der Waals surface area contributed by atoms with Crippen LogP contribution in [0.15, 0.2) is 11.4 Å². The molecule has 0 radical (unpaired) electrons. The summed E-state index contributed by atoms with van der Waals surface area (Å²) in [5.41, 5.74) is 7.16. The number of carbonyl (C=O) groups excluding carboxylic acids is 1. The van der Waals surface area contributed by atoms with Crippen LogP contribution in [0.3, 0.4) is 0 Å². The zero-order valence-electron chi connectivity index (χ0n) is 10.4. The Morgan fingerprint density at radius 1 is 1.59 bits per heavy atom. The van der Waals surface area contributed by atoms with Crippen LogP contribution < -0.4 is 11.1 Å². The Morgan fingerprint density at radius 3 is 3.06 bits per heavy atom. The number of hydrogen-bond donors (Lipinski definition) is 2. The molecule has 4 heteroatoms. The van der Waals surface area contributed by atoms with Crippen molar-refractivity contribution in [2.24, 2.45) is 11.7 Å². The number of amides is 1. The van der Waals surface area contributed by atoms with Crippen molar-refractivity contribution in [3.05, 3.63) is 21.9 Å². The summed E-state index contributed by atoms with van der Waals surface area (Å²) >= 11 is 1.79. The van der Waals surface area contributed by atoms with E-state index < -0.39 is 6.04 Å². The number of rotatable bonds is 3. The number of nitrogens with two attached hydrogens (primary N) is 1. The first-order valence-electron chi connectivity index (χ1n) is 6.22. The minimum atomic E-state index is -0.404. The highest BCUT2D eigenvalue weighted by Gasteiger charge is 2.25.